The summed E-state index contributed by atoms with van der Waals surface area (Å²) in [5, 5.41) is 7.94. The van der Waals surface area contributed by atoms with Gasteiger partial charge in [0.2, 0.25) is 0 Å². The average Bonchev–Trinajstić information content (AvgIpc) is 2.72. The Balaban J connectivity index is 1.92. The maximum atomic E-state index is 12.3. The van der Waals surface area contributed by atoms with Crippen LogP contribution in [0, 0.1) is 6.92 Å². The number of aryl methyl sites for hydroxylation is 2. The van der Waals surface area contributed by atoms with Crippen molar-refractivity contribution in [3.63, 3.8) is 0 Å². The molecule has 3 aromatic rings. The summed E-state index contributed by atoms with van der Waals surface area (Å²) < 4.78 is 1.49. The Morgan fingerprint density at radius 2 is 2.14 bits per heavy atom. The normalized spacial score (nSPS) is 10.8. The molecular formula is C15H15N5O. The van der Waals surface area contributed by atoms with Crippen LogP contribution in [0.2, 0.25) is 0 Å². The van der Waals surface area contributed by atoms with E-state index in [1.165, 1.54) is 4.68 Å². The molecular weight excluding hydrogens is 266 g/mol. The van der Waals surface area contributed by atoms with Crippen LogP contribution >= 0.6 is 0 Å². The minimum Gasteiger partial charge on any atom is -0.395 e. The van der Waals surface area contributed by atoms with Gasteiger partial charge in [0.1, 0.15) is 5.69 Å². The number of anilines is 2. The third-order valence-electron chi connectivity index (χ3n) is 3.34. The van der Waals surface area contributed by atoms with Crippen LogP contribution in [0.5, 0.6) is 0 Å². The molecule has 3 rings (SSSR count). The van der Waals surface area contributed by atoms with E-state index in [0.29, 0.717) is 22.8 Å². The van der Waals surface area contributed by atoms with Crippen molar-refractivity contribution in [3.05, 3.63) is 47.9 Å². The Labute approximate surface area is 121 Å². The predicted molar refractivity (Wildman–Crippen MR) is 82.1 cm³/mol. The molecule has 0 spiro atoms. The number of hydrogen-bond acceptors (Lipinski definition) is 4. The summed E-state index contributed by atoms with van der Waals surface area (Å²) in [7, 11) is 1.70. The number of nitrogens with zero attached hydrogens (tertiary/aromatic N) is 3. The molecule has 0 aliphatic rings. The molecule has 21 heavy (non-hydrogen) atoms. The largest absolute Gasteiger partial charge is 0.395 e. The van der Waals surface area contributed by atoms with E-state index >= 15 is 0 Å². The zero-order valence-corrected chi connectivity index (χ0v) is 11.8. The lowest BCUT2D eigenvalue weighted by Gasteiger charge is -2.07. The van der Waals surface area contributed by atoms with Crippen LogP contribution in [0.1, 0.15) is 16.2 Å². The van der Waals surface area contributed by atoms with E-state index in [4.69, 9.17) is 5.73 Å². The van der Waals surface area contributed by atoms with Crippen molar-refractivity contribution < 1.29 is 4.79 Å². The fraction of sp³-hybridized carbons (Fsp3) is 0.133. The maximum absolute atomic E-state index is 12.3. The summed E-state index contributed by atoms with van der Waals surface area (Å²) in [5.41, 5.74) is 8.87. The molecule has 2 heterocycles. The molecule has 106 valence electrons. The van der Waals surface area contributed by atoms with Crippen LogP contribution in [0.25, 0.3) is 10.9 Å². The van der Waals surface area contributed by atoms with Gasteiger partial charge in [0, 0.05) is 24.3 Å². The molecule has 0 bridgehead atoms. The fourth-order valence-electron chi connectivity index (χ4n) is 2.29. The lowest BCUT2D eigenvalue weighted by atomic mass is 10.2. The number of aromatic nitrogens is 3. The van der Waals surface area contributed by atoms with Gasteiger partial charge in [-0.05, 0) is 31.2 Å². The summed E-state index contributed by atoms with van der Waals surface area (Å²) in [6.07, 6.45) is 1.74. The number of pyridine rings is 1. The topological polar surface area (TPSA) is 85.8 Å². The van der Waals surface area contributed by atoms with Gasteiger partial charge in [-0.25, -0.2) is 0 Å². The van der Waals surface area contributed by atoms with Crippen LogP contribution in [0.15, 0.2) is 36.5 Å². The Morgan fingerprint density at radius 3 is 2.86 bits per heavy atom. The van der Waals surface area contributed by atoms with Crippen molar-refractivity contribution in [2.24, 2.45) is 7.05 Å². The zero-order chi connectivity index (χ0) is 15.0. The van der Waals surface area contributed by atoms with E-state index in [-0.39, 0.29) is 5.91 Å². The first-order valence-corrected chi connectivity index (χ1v) is 6.51. The second-order valence-corrected chi connectivity index (χ2v) is 4.84. The minimum absolute atomic E-state index is 0.279. The highest BCUT2D eigenvalue weighted by Gasteiger charge is 2.18. The summed E-state index contributed by atoms with van der Waals surface area (Å²) >= 11 is 0. The average molecular weight is 281 g/mol. The first kappa shape index (κ1) is 13.1. The van der Waals surface area contributed by atoms with Gasteiger partial charge in [-0.2, -0.15) is 5.10 Å². The highest BCUT2D eigenvalue weighted by Crippen LogP contribution is 2.20. The SMILES string of the molecule is Cc1nn(C)c(C(=O)Nc2ccc3ncccc3c2)c1N. The van der Waals surface area contributed by atoms with Crippen molar-refractivity contribution in [1.29, 1.82) is 0 Å². The van der Waals surface area contributed by atoms with Crippen LogP contribution in [0.4, 0.5) is 11.4 Å². The molecule has 1 amide bonds. The van der Waals surface area contributed by atoms with Crippen LogP contribution in [-0.4, -0.2) is 20.7 Å². The van der Waals surface area contributed by atoms with Crippen molar-refractivity contribution >= 4 is 28.2 Å². The lowest BCUT2D eigenvalue weighted by Crippen LogP contribution is -2.17. The minimum atomic E-state index is -0.279. The Kier molecular flexibility index (Phi) is 3.06. The Hall–Kier alpha value is -2.89. The monoisotopic (exact) mass is 281 g/mol. The van der Waals surface area contributed by atoms with E-state index in [0.717, 1.165) is 10.9 Å². The van der Waals surface area contributed by atoms with Crippen LogP contribution in [-0.2, 0) is 7.05 Å². The third-order valence-corrected chi connectivity index (χ3v) is 3.34. The summed E-state index contributed by atoms with van der Waals surface area (Å²) in [4.78, 5) is 16.6. The molecule has 6 heteroatoms. The molecule has 0 fully saturated rings. The van der Waals surface area contributed by atoms with E-state index in [2.05, 4.69) is 15.4 Å². The number of carbonyl (C=O) groups excluding carboxylic acids is 1. The molecule has 0 saturated heterocycles. The fourth-order valence-corrected chi connectivity index (χ4v) is 2.29. The number of nitrogens with one attached hydrogen (secondary N) is 1. The molecule has 0 aliphatic heterocycles. The number of rotatable bonds is 2. The number of hydrogen-bond donors (Lipinski definition) is 2. The number of nitrogen functional groups attached to an aromatic ring is 1. The summed E-state index contributed by atoms with van der Waals surface area (Å²) in [6.45, 7) is 1.77. The summed E-state index contributed by atoms with van der Waals surface area (Å²) in [6, 6.07) is 9.35. The second kappa shape index (κ2) is 4.90. The van der Waals surface area contributed by atoms with Crippen molar-refractivity contribution in [2.75, 3.05) is 11.1 Å². The molecule has 3 N–H and O–H groups in total. The number of amides is 1. The summed E-state index contributed by atoms with van der Waals surface area (Å²) in [5.74, 6) is -0.279. The molecule has 6 nitrogen and oxygen atoms in total. The van der Waals surface area contributed by atoms with Crippen LogP contribution in [0.3, 0.4) is 0 Å². The molecule has 2 aromatic heterocycles. The van der Waals surface area contributed by atoms with E-state index in [1.807, 2.05) is 30.3 Å². The van der Waals surface area contributed by atoms with Gasteiger partial charge in [0.25, 0.3) is 5.91 Å². The number of benzene rings is 1. The number of fused-ring (bicyclic) bond motifs is 1. The standard InChI is InChI=1S/C15H15N5O/c1-9-13(16)14(20(2)19-9)15(21)18-11-5-6-12-10(8-11)4-3-7-17-12/h3-8H,16H2,1-2H3,(H,18,21). The van der Waals surface area contributed by atoms with Crippen molar-refractivity contribution in [1.82, 2.24) is 14.8 Å². The van der Waals surface area contributed by atoms with E-state index in [9.17, 15) is 4.79 Å². The molecule has 0 atom stereocenters. The molecule has 0 radical (unpaired) electrons. The first-order chi connectivity index (χ1) is 10.1. The Morgan fingerprint density at radius 1 is 1.33 bits per heavy atom. The van der Waals surface area contributed by atoms with Gasteiger partial charge in [-0.3, -0.25) is 14.5 Å². The number of carbonyl (C=O) groups is 1. The third kappa shape index (κ3) is 2.31. The highest BCUT2D eigenvalue weighted by atomic mass is 16.2. The van der Waals surface area contributed by atoms with Gasteiger partial charge in [0.05, 0.1) is 16.9 Å². The van der Waals surface area contributed by atoms with Crippen molar-refractivity contribution in [2.45, 2.75) is 6.92 Å². The highest BCUT2D eigenvalue weighted by molar-refractivity contribution is 6.07. The quantitative estimate of drug-likeness (QED) is 0.753. The van der Waals surface area contributed by atoms with Gasteiger partial charge >= 0.3 is 0 Å². The van der Waals surface area contributed by atoms with Gasteiger partial charge < -0.3 is 11.1 Å². The Bertz CT molecular complexity index is 837. The van der Waals surface area contributed by atoms with Crippen LogP contribution < -0.4 is 11.1 Å². The van der Waals surface area contributed by atoms with Gasteiger partial charge in [-0.1, -0.05) is 6.07 Å². The second-order valence-electron chi connectivity index (χ2n) is 4.84. The lowest BCUT2D eigenvalue weighted by molar-refractivity contribution is 0.101. The van der Waals surface area contributed by atoms with Crippen molar-refractivity contribution in [3.8, 4) is 0 Å². The van der Waals surface area contributed by atoms with Gasteiger partial charge in [0.15, 0.2) is 0 Å². The smallest absolute Gasteiger partial charge is 0.276 e. The van der Waals surface area contributed by atoms with E-state index < -0.39 is 0 Å². The molecule has 1 aromatic carbocycles. The predicted octanol–water partition coefficient (Wildman–Crippen LogP) is 2.11. The molecule has 0 saturated carbocycles. The maximum Gasteiger partial charge on any atom is 0.276 e. The molecule has 0 aliphatic carbocycles. The van der Waals surface area contributed by atoms with Gasteiger partial charge in [-0.15, -0.1) is 0 Å². The first-order valence-electron chi connectivity index (χ1n) is 6.51. The number of nitrogens with two attached hydrogens (primary N) is 1. The zero-order valence-electron chi connectivity index (χ0n) is 11.8. The van der Waals surface area contributed by atoms with E-state index in [1.54, 1.807) is 20.2 Å². The molecule has 0 unspecified atom stereocenters.